The topological polar surface area (TPSA) is 34.0 Å². The number of benzene rings is 2. The van der Waals surface area contributed by atoms with Crippen molar-refractivity contribution < 1.29 is 4.79 Å². The summed E-state index contributed by atoms with van der Waals surface area (Å²) in [5.74, 6) is -0.0473. The molecule has 3 aromatic rings. The number of carbonyl (C=O) groups excluding carboxylic acids is 1. The first kappa shape index (κ1) is 15.4. The van der Waals surface area contributed by atoms with Gasteiger partial charge in [0.05, 0.1) is 5.69 Å². The Morgan fingerprint density at radius 3 is 2.30 bits per heavy atom. The number of carbonyl (C=O) groups is 1. The monoisotopic (exact) mass is 322 g/mol. The van der Waals surface area contributed by atoms with E-state index in [1.54, 1.807) is 11.8 Å². The third-order valence-corrected chi connectivity index (χ3v) is 4.45. The predicted octanol–water partition coefficient (Wildman–Crippen LogP) is 4.44. The van der Waals surface area contributed by atoms with Crippen LogP contribution in [0.4, 0.5) is 5.69 Å². The van der Waals surface area contributed by atoms with Gasteiger partial charge in [-0.15, -0.1) is 11.8 Å². The largest absolute Gasteiger partial charge is 0.338 e. The molecule has 0 saturated heterocycles. The number of thioether (sulfide) groups is 1. The van der Waals surface area contributed by atoms with E-state index < -0.39 is 0 Å². The van der Waals surface area contributed by atoms with Gasteiger partial charge in [0.15, 0.2) is 0 Å². The summed E-state index contributed by atoms with van der Waals surface area (Å²) in [5, 5.41) is 3.07. The second kappa shape index (κ2) is 7.20. The molecule has 0 radical (unpaired) electrons. The molecule has 1 aromatic heterocycles. The minimum absolute atomic E-state index is 0.0473. The number of aromatic nitrogens is 1. The fourth-order valence-electron chi connectivity index (χ4n) is 2.56. The highest BCUT2D eigenvalue weighted by Crippen LogP contribution is 2.27. The molecule has 1 N–H and O–H groups in total. The van der Waals surface area contributed by atoms with Crippen LogP contribution in [0.2, 0.25) is 0 Å². The van der Waals surface area contributed by atoms with Gasteiger partial charge in [0.1, 0.15) is 6.04 Å². The molecule has 2 aromatic carbocycles. The maximum absolute atomic E-state index is 12.9. The molecule has 3 rings (SSSR count). The minimum atomic E-state index is -0.388. The first-order valence-electron chi connectivity index (χ1n) is 7.41. The van der Waals surface area contributed by atoms with E-state index in [9.17, 15) is 4.79 Å². The fourth-order valence-corrected chi connectivity index (χ4v) is 3.12. The van der Waals surface area contributed by atoms with Gasteiger partial charge in [-0.05, 0) is 36.1 Å². The molecule has 1 amide bonds. The molecule has 3 nitrogen and oxygen atoms in total. The van der Waals surface area contributed by atoms with Crippen molar-refractivity contribution in [2.24, 2.45) is 0 Å². The SMILES string of the molecule is CSc1ccccc1NC(=O)[C@@H](c1ccccc1)n1cccc1. The van der Waals surface area contributed by atoms with Gasteiger partial charge in [-0.2, -0.15) is 0 Å². The third kappa shape index (κ3) is 3.48. The molecule has 1 atom stereocenters. The van der Waals surface area contributed by atoms with Gasteiger partial charge in [-0.3, -0.25) is 4.79 Å². The van der Waals surface area contributed by atoms with Crippen molar-refractivity contribution in [1.82, 2.24) is 4.57 Å². The van der Waals surface area contributed by atoms with Crippen molar-refractivity contribution in [1.29, 1.82) is 0 Å². The summed E-state index contributed by atoms with van der Waals surface area (Å²) < 4.78 is 1.92. The maximum Gasteiger partial charge on any atom is 0.252 e. The minimum Gasteiger partial charge on any atom is -0.338 e. The quantitative estimate of drug-likeness (QED) is 0.705. The number of amides is 1. The van der Waals surface area contributed by atoms with Crippen LogP contribution in [0.1, 0.15) is 11.6 Å². The molecule has 4 heteroatoms. The van der Waals surface area contributed by atoms with Crippen LogP contribution in [0.5, 0.6) is 0 Å². The Morgan fingerprint density at radius 2 is 1.61 bits per heavy atom. The summed E-state index contributed by atoms with van der Waals surface area (Å²) in [5.41, 5.74) is 1.81. The van der Waals surface area contributed by atoms with Gasteiger partial charge in [-0.1, -0.05) is 42.5 Å². The summed E-state index contributed by atoms with van der Waals surface area (Å²) in [6, 6.07) is 21.1. The molecule has 0 aliphatic heterocycles. The summed E-state index contributed by atoms with van der Waals surface area (Å²) in [4.78, 5) is 14.0. The third-order valence-electron chi connectivity index (χ3n) is 3.65. The molecule has 0 unspecified atom stereocenters. The second-order valence-electron chi connectivity index (χ2n) is 5.13. The highest BCUT2D eigenvalue weighted by Gasteiger charge is 2.22. The van der Waals surface area contributed by atoms with E-state index in [1.807, 2.05) is 89.9 Å². The van der Waals surface area contributed by atoms with E-state index >= 15 is 0 Å². The van der Waals surface area contributed by atoms with Crippen LogP contribution in [0.25, 0.3) is 0 Å². The average Bonchev–Trinajstić information content (AvgIpc) is 3.10. The maximum atomic E-state index is 12.9. The van der Waals surface area contributed by atoms with E-state index in [4.69, 9.17) is 0 Å². The van der Waals surface area contributed by atoms with Gasteiger partial charge in [0.2, 0.25) is 0 Å². The lowest BCUT2D eigenvalue weighted by atomic mass is 10.1. The Balaban J connectivity index is 1.93. The Kier molecular flexibility index (Phi) is 4.83. The predicted molar refractivity (Wildman–Crippen MR) is 95.9 cm³/mol. The Labute approximate surface area is 140 Å². The van der Waals surface area contributed by atoms with E-state index in [0.717, 1.165) is 16.1 Å². The van der Waals surface area contributed by atoms with Crippen LogP contribution in [0, 0.1) is 0 Å². The molecule has 0 aliphatic rings. The average molecular weight is 322 g/mol. The Bertz CT molecular complexity index is 769. The van der Waals surface area contributed by atoms with Crippen LogP contribution in [0.15, 0.2) is 84.0 Å². The van der Waals surface area contributed by atoms with Gasteiger partial charge in [0, 0.05) is 17.3 Å². The van der Waals surface area contributed by atoms with Crippen molar-refractivity contribution in [2.45, 2.75) is 10.9 Å². The molecule has 0 fully saturated rings. The summed E-state index contributed by atoms with van der Waals surface area (Å²) >= 11 is 1.62. The van der Waals surface area contributed by atoms with Crippen molar-refractivity contribution in [2.75, 3.05) is 11.6 Å². The van der Waals surface area contributed by atoms with Crippen molar-refractivity contribution >= 4 is 23.4 Å². The number of anilines is 1. The molecule has 0 bridgehead atoms. The van der Waals surface area contributed by atoms with Gasteiger partial charge < -0.3 is 9.88 Å². The zero-order valence-corrected chi connectivity index (χ0v) is 13.7. The number of rotatable bonds is 5. The molecule has 116 valence electrons. The number of nitrogens with zero attached hydrogens (tertiary/aromatic N) is 1. The van der Waals surface area contributed by atoms with E-state index in [1.165, 1.54) is 0 Å². The molecular formula is C19H18N2OS. The highest BCUT2D eigenvalue weighted by molar-refractivity contribution is 7.98. The molecule has 23 heavy (non-hydrogen) atoms. The van der Waals surface area contributed by atoms with Crippen LogP contribution in [-0.4, -0.2) is 16.7 Å². The molecule has 0 saturated carbocycles. The standard InChI is InChI=1S/C19H18N2OS/c1-23-17-12-6-5-11-16(17)20-19(22)18(21-13-7-8-14-21)15-9-3-2-4-10-15/h2-14,18H,1H3,(H,20,22)/t18-/m1/s1. The first-order valence-corrected chi connectivity index (χ1v) is 8.63. The highest BCUT2D eigenvalue weighted by atomic mass is 32.2. The van der Waals surface area contributed by atoms with E-state index in [0.29, 0.717) is 0 Å². The zero-order valence-electron chi connectivity index (χ0n) is 12.8. The fraction of sp³-hybridized carbons (Fsp3) is 0.105. The summed E-state index contributed by atoms with van der Waals surface area (Å²) in [6.45, 7) is 0. The van der Waals surface area contributed by atoms with Gasteiger partial charge in [-0.25, -0.2) is 0 Å². The normalized spacial score (nSPS) is 11.9. The van der Waals surface area contributed by atoms with Crippen LogP contribution < -0.4 is 5.32 Å². The molecule has 0 spiro atoms. The lowest BCUT2D eigenvalue weighted by Gasteiger charge is -2.20. The number of hydrogen-bond acceptors (Lipinski definition) is 2. The van der Waals surface area contributed by atoms with Crippen LogP contribution in [-0.2, 0) is 4.79 Å². The van der Waals surface area contributed by atoms with E-state index in [-0.39, 0.29) is 11.9 Å². The summed E-state index contributed by atoms with van der Waals surface area (Å²) in [6.07, 6.45) is 5.83. The lowest BCUT2D eigenvalue weighted by molar-refractivity contribution is -0.118. The lowest BCUT2D eigenvalue weighted by Crippen LogP contribution is -2.26. The van der Waals surface area contributed by atoms with Crippen LogP contribution >= 0.6 is 11.8 Å². The van der Waals surface area contributed by atoms with Gasteiger partial charge >= 0.3 is 0 Å². The van der Waals surface area contributed by atoms with E-state index in [2.05, 4.69) is 5.32 Å². The van der Waals surface area contributed by atoms with Crippen molar-refractivity contribution in [3.63, 3.8) is 0 Å². The number of para-hydroxylation sites is 1. The Hall–Kier alpha value is -2.46. The number of nitrogens with one attached hydrogen (secondary N) is 1. The molecular weight excluding hydrogens is 304 g/mol. The number of hydrogen-bond donors (Lipinski definition) is 1. The molecule has 0 aliphatic carbocycles. The zero-order chi connectivity index (χ0) is 16.1. The first-order chi connectivity index (χ1) is 11.3. The van der Waals surface area contributed by atoms with Crippen molar-refractivity contribution in [3.8, 4) is 0 Å². The van der Waals surface area contributed by atoms with Gasteiger partial charge in [0.25, 0.3) is 5.91 Å². The Morgan fingerprint density at radius 1 is 0.957 bits per heavy atom. The van der Waals surface area contributed by atoms with Crippen LogP contribution in [0.3, 0.4) is 0 Å². The smallest absolute Gasteiger partial charge is 0.252 e. The van der Waals surface area contributed by atoms with Crippen molar-refractivity contribution in [3.05, 3.63) is 84.7 Å². The molecule has 1 heterocycles. The second-order valence-corrected chi connectivity index (χ2v) is 5.98. The summed E-state index contributed by atoms with van der Waals surface area (Å²) in [7, 11) is 0.